The number of hydrogen-bond acceptors (Lipinski definition) is 1. The van der Waals surface area contributed by atoms with Crippen LogP contribution in [0, 0.1) is 17.3 Å². The molecular weight excluding hydrogens is 136 g/mol. The van der Waals surface area contributed by atoms with E-state index in [2.05, 4.69) is 0 Å². The summed E-state index contributed by atoms with van der Waals surface area (Å²) in [5.74, 6) is 1.61. The number of aliphatic hydroxyl groups is 1. The Labute approximate surface area is 67.8 Å². The van der Waals surface area contributed by atoms with Crippen LogP contribution in [0.5, 0.6) is 0 Å². The minimum absolute atomic E-state index is 0.0926. The first-order valence-corrected chi connectivity index (χ1v) is 5.01. The summed E-state index contributed by atoms with van der Waals surface area (Å²) in [6.45, 7) is 0. The van der Waals surface area contributed by atoms with E-state index in [1.54, 1.807) is 0 Å². The molecule has 0 saturated heterocycles. The van der Waals surface area contributed by atoms with Gasteiger partial charge in [0.15, 0.2) is 0 Å². The quantitative estimate of drug-likeness (QED) is 0.562. The summed E-state index contributed by atoms with van der Waals surface area (Å²) in [5.41, 5.74) is 0.435. The van der Waals surface area contributed by atoms with Crippen LogP contribution in [0.25, 0.3) is 0 Å². The molecule has 62 valence electrons. The summed E-state index contributed by atoms with van der Waals surface area (Å²) >= 11 is 0. The minimum Gasteiger partial charge on any atom is -0.392 e. The average molecular weight is 152 g/mol. The Balaban J connectivity index is 2.02. The third-order valence-electron chi connectivity index (χ3n) is 4.61. The van der Waals surface area contributed by atoms with Crippen molar-refractivity contribution in [2.24, 2.45) is 17.3 Å². The third-order valence-corrected chi connectivity index (χ3v) is 4.61. The van der Waals surface area contributed by atoms with Crippen LogP contribution < -0.4 is 0 Å². The van der Waals surface area contributed by atoms with Gasteiger partial charge in [-0.15, -0.1) is 0 Å². The zero-order valence-electron chi connectivity index (χ0n) is 6.92. The van der Waals surface area contributed by atoms with Gasteiger partial charge in [0.2, 0.25) is 0 Å². The van der Waals surface area contributed by atoms with Gasteiger partial charge in [-0.25, -0.2) is 0 Å². The fourth-order valence-electron chi connectivity index (χ4n) is 4.08. The standard InChI is InChI=1S/C10H16O/c11-9-7-3-5-10(9)4-1-2-8(10)6-7/h7-9,11H,1-6H2/t7-,8-,9+,10+/m1/s1. The minimum atomic E-state index is 0.0926. The van der Waals surface area contributed by atoms with E-state index in [4.69, 9.17) is 0 Å². The highest BCUT2D eigenvalue weighted by Gasteiger charge is 2.60. The predicted molar refractivity (Wildman–Crippen MR) is 43.1 cm³/mol. The lowest BCUT2D eigenvalue weighted by Gasteiger charge is -2.29. The van der Waals surface area contributed by atoms with Gasteiger partial charge in [-0.2, -0.15) is 0 Å². The van der Waals surface area contributed by atoms with Gasteiger partial charge in [-0.05, 0) is 49.4 Å². The van der Waals surface area contributed by atoms with E-state index in [0.717, 1.165) is 5.92 Å². The summed E-state index contributed by atoms with van der Waals surface area (Å²) in [5, 5.41) is 9.99. The van der Waals surface area contributed by atoms with Crippen LogP contribution in [0.15, 0.2) is 0 Å². The monoisotopic (exact) mass is 152 g/mol. The normalized spacial score (nSPS) is 60.3. The van der Waals surface area contributed by atoms with E-state index >= 15 is 0 Å². The van der Waals surface area contributed by atoms with Crippen LogP contribution in [0.3, 0.4) is 0 Å². The summed E-state index contributed by atoms with van der Waals surface area (Å²) in [6.07, 6.45) is 8.22. The molecule has 1 heteroatoms. The van der Waals surface area contributed by atoms with Crippen molar-refractivity contribution in [3.8, 4) is 0 Å². The molecule has 11 heavy (non-hydrogen) atoms. The van der Waals surface area contributed by atoms with Gasteiger partial charge in [0.25, 0.3) is 0 Å². The molecular formula is C10H16O. The molecule has 2 bridgehead atoms. The third kappa shape index (κ3) is 0.581. The molecule has 3 fully saturated rings. The van der Waals surface area contributed by atoms with Gasteiger partial charge in [-0.3, -0.25) is 0 Å². The SMILES string of the molecule is O[C@H]1[C@@H]2CC[C@]13CCC[C@@H]3C2. The maximum atomic E-state index is 9.99. The molecule has 0 amide bonds. The van der Waals surface area contributed by atoms with Gasteiger partial charge in [0.05, 0.1) is 6.10 Å². The Hall–Kier alpha value is -0.0400. The molecule has 3 saturated carbocycles. The van der Waals surface area contributed by atoms with E-state index < -0.39 is 0 Å². The summed E-state index contributed by atoms with van der Waals surface area (Å²) < 4.78 is 0. The molecule has 3 aliphatic carbocycles. The Kier molecular flexibility index (Phi) is 1.07. The molecule has 3 rings (SSSR count). The van der Waals surface area contributed by atoms with Gasteiger partial charge in [0, 0.05) is 0 Å². The Morgan fingerprint density at radius 3 is 2.82 bits per heavy atom. The zero-order chi connectivity index (χ0) is 7.47. The molecule has 0 aromatic rings. The lowest BCUT2D eigenvalue weighted by Crippen LogP contribution is -2.28. The number of fused-ring (bicyclic) bond motifs is 1. The van der Waals surface area contributed by atoms with Crippen LogP contribution in [0.2, 0.25) is 0 Å². The highest BCUT2D eigenvalue weighted by atomic mass is 16.3. The largest absolute Gasteiger partial charge is 0.392 e. The van der Waals surface area contributed by atoms with Crippen LogP contribution in [-0.4, -0.2) is 11.2 Å². The maximum Gasteiger partial charge on any atom is 0.0627 e. The smallest absolute Gasteiger partial charge is 0.0627 e. The fraction of sp³-hybridized carbons (Fsp3) is 1.00. The molecule has 0 radical (unpaired) electrons. The molecule has 1 N–H and O–H groups in total. The van der Waals surface area contributed by atoms with Crippen LogP contribution in [0.4, 0.5) is 0 Å². The summed E-state index contributed by atoms with van der Waals surface area (Å²) in [4.78, 5) is 0. The molecule has 0 aliphatic heterocycles. The number of hydrogen-bond donors (Lipinski definition) is 1. The van der Waals surface area contributed by atoms with Crippen molar-refractivity contribution in [3.63, 3.8) is 0 Å². The summed E-state index contributed by atoms with van der Waals surface area (Å²) in [6, 6.07) is 0. The van der Waals surface area contributed by atoms with Crippen molar-refractivity contribution < 1.29 is 5.11 Å². The topological polar surface area (TPSA) is 20.2 Å². The van der Waals surface area contributed by atoms with E-state index in [0.29, 0.717) is 11.3 Å². The van der Waals surface area contributed by atoms with Crippen molar-refractivity contribution in [3.05, 3.63) is 0 Å². The van der Waals surface area contributed by atoms with Crippen molar-refractivity contribution in [2.45, 2.75) is 44.6 Å². The Morgan fingerprint density at radius 2 is 2.09 bits per heavy atom. The first-order valence-electron chi connectivity index (χ1n) is 5.01. The fourth-order valence-corrected chi connectivity index (χ4v) is 4.08. The van der Waals surface area contributed by atoms with E-state index in [1.807, 2.05) is 0 Å². The highest BCUT2D eigenvalue weighted by Crippen LogP contribution is 2.64. The Bertz CT molecular complexity index is 181. The lowest BCUT2D eigenvalue weighted by molar-refractivity contribution is 0.0513. The first kappa shape index (κ1) is 6.47. The van der Waals surface area contributed by atoms with Crippen molar-refractivity contribution in [2.75, 3.05) is 0 Å². The zero-order valence-corrected chi connectivity index (χ0v) is 6.92. The first-order chi connectivity index (χ1) is 5.33. The highest BCUT2D eigenvalue weighted by molar-refractivity contribution is 5.10. The number of rotatable bonds is 0. The maximum absolute atomic E-state index is 9.99. The van der Waals surface area contributed by atoms with Crippen LogP contribution in [-0.2, 0) is 0 Å². The van der Waals surface area contributed by atoms with E-state index in [1.165, 1.54) is 38.5 Å². The van der Waals surface area contributed by atoms with Gasteiger partial charge >= 0.3 is 0 Å². The number of aliphatic hydroxyl groups excluding tert-OH is 1. The van der Waals surface area contributed by atoms with Crippen LogP contribution in [0.1, 0.15) is 38.5 Å². The second kappa shape index (κ2) is 1.82. The predicted octanol–water partition coefficient (Wildman–Crippen LogP) is 1.95. The second-order valence-electron chi connectivity index (χ2n) is 4.80. The van der Waals surface area contributed by atoms with E-state index in [9.17, 15) is 5.11 Å². The van der Waals surface area contributed by atoms with Crippen molar-refractivity contribution in [1.29, 1.82) is 0 Å². The lowest BCUT2D eigenvalue weighted by atomic mass is 9.77. The molecule has 0 unspecified atom stereocenters. The Morgan fingerprint density at radius 1 is 1.18 bits per heavy atom. The van der Waals surface area contributed by atoms with Crippen molar-refractivity contribution >= 4 is 0 Å². The molecule has 1 nitrogen and oxygen atoms in total. The van der Waals surface area contributed by atoms with Crippen LogP contribution >= 0.6 is 0 Å². The van der Waals surface area contributed by atoms with Gasteiger partial charge in [-0.1, -0.05) is 6.42 Å². The molecule has 1 spiro atoms. The van der Waals surface area contributed by atoms with Crippen molar-refractivity contribution in [1.82, 2.24) is 0 Å². The average Bonchev–Trinajstić information content (AvgIpc) is 2.61. The van der Waals surface area contributed by atoms with E-state index in [-0.39, 0.29) is 6.10 Å². The molecule has 0 aromatic carbocycles. The molecule has 4 atom stereocenters. The molecule has 0 heterocycles. The summed E-state index contributed by atoms with van der Waals surface area (Å²) in [7, 11) is 0. The molecule has 3 aliphatic rings. The van der Waals surface area contributed by atoms with Gasteiger partial charge in [0.1, 0.15) is 0 Å². The second-order valence-corrected chi connectivity index (χ2v) is 4.80. The molecule has 0 aromatic heterocycles. The van der Waals surface area contributed by atoms with Gasteiger partial charge < -0.3 is 5.11 Å².